The normalized spacial score (nSPS) is 39.2. The molecule has 0 radical (unpaired) electrons. The molecule has 0 atom stereocenters. The molecule has 4 saturated carbocycles. The van der Waals surface area contributed by atoms with Crippen LogP contribution in [0.3, 0.4) is 0 Å². The number of nitrogens with zero attached hydrogens (tertiary/aromatic N) is 2. The van der Waals surface area contributed by atoms with Crippen molar-refractivity contribution in [2.24, 2.45) is 17.8 Å². The SMILES string of the molecule is N#Cc1cnc(C23CC4CC(CC(C4)C2)C3)[nH]c1=O. The summed E-state index contributed by atoms with van der Waals surface area (Å²) in [5.74, 6) is 3.32. The minimum Gasteiger partial charge on any atom is -0.309 e. The number of nitriles is 1. The fraction of sp³-hybridized carbons (Fsp3) is 0.667. The lowest BCUT2D eigenvalue weighted by atomic mass is 9.49. The molecule has 0 saturated heterocycles. The van der Waals surface area contributed by atoms with Crippen molar-refractivity contribution in [3.05, 3.63) is 27.9 Å². The maximum Gasteiger partial charge on any atom is 0.268 e. The van der Waals surface area contributed by atoms with Gasteiger partial charge in [0.25, 0.3) is 5.56 Å². The highest BCUT2D eigenvalue weighted by atomic mass is 16.1. The topological polar surface area (TPSA) is 69.5 Å². The van der Waals surface area contributed by atoms with Gasteiger partial charge in [0, 0.05) is 5.41 Å². The summed E-state index contributed by atoms with van der Waals surface area (Å²) in [6.07, 6.45) is 9.10. The van der Waals surface area contributed by atoms with Crippen molar-refractivity contribution in [2.75, 3.05) is 0 Å². The maximum atomic E-state index is 11.8. The molecule has 0 unspecified atom stereocenters. The number of hydrogen-bond donors (Lipinski definition) is 1. The fourth-order valence-electron chi connectivity index (χ4n) is 5.14. The number of aromatic nitrogens is 2. The molecular formula is C15H17N3O. The Kier molecular flexibility index (Phi) is 2.18. The van der Waals surface area contributed by atoms with Gasteiger partial charge in [0.2, 0.25) is 0 Å². The van der Waals surface area contributed by atoms with Crippen molar-refractivity contribution in [3.8, 4) is 6.07 Å². The monoisotopic (exact) mass is 255 g/mol. The first kappa shape index (κ1) is 11.2. The molecule has 1 aromatic rings. The lowest BCUT2D eigenvalue weighted by molar-refractivity contribution is -0.00951. The molecule has 4 aliphatic carbocycles. The van der Waals surface area contributed by atoms with Crippen LogP contribution in [0, 0.1) is 29.1 Å². The highest BCUT2D eigenvalue weighted by Gasteiger charge is 2.52. The van der Waals surface area contributed by atoms with Gasteiger partial charge in [-0.25, -0.2) is 4.98 Å². The molecule has 1 N–H and O–H groups in total. The average molecular weight is 255 g/mol. The molecule has 4 nitrogen and oxygen atoms in total. The summed E-state index contributed by atoms with van der Waals surface area (Å²) in [4.78, 5) is 19.2. The van der Waals surface area contributed by atoms with Crippen molar-refractivity contribution in [1.82, 2.24) is 9.97 Å². The third kappa shape index (κ3) is 1.57. The van der Waals surface area contributed by atoms with Crippen LogP contribution in [0.2, 0.25) is 0 Å². The van der Waals surface area contributed by atoms with Crippen LogP contribution in [0.15, 0.2) is 11.0 Å². The molecule has 0 spiro atoms. The molecule has 4 heteroatoms. The summed E-state index contributed by atoms with van der Waals surface area (Å²) in [5.41, 5.74) is -0.0567. The Bertz CT molecular complexity index is 590. The first-order valence-corrected chi connectivity index (χ1v) is 7.18. The van der Waals surface area contributed by atoms with E-state index in [1.165, 1.54) is 44.7 Å². The Balaban J connectivity index is 1.78. The molecule has 4 fully saturated rings. The lowest BCUT2D eigenvalue weighted by Gasteiger charge is -2.56. The van der Waals surface area contributed by atoms with Gasteiger partial charge >= 0.3 is 0 Å². The molecule has 4 aliphatic rings. The van der Waals surface area contributed by atoms with Crippen LogP contribution in [0.1, 0.15) is 49.9 Å². The van der Waals surface area contributed by atoms with Gasteiger partial charge in [-0.2, -0.15) is 5.26 Å². The summed E-state index contributed by atoms with van der Waals surface area (Å²) in [6.45, 7) is 0. The molecule has 98 valence electrons. The number of rotatable bonds is 1. The number of H-pyrrole nitrogens is 1. The second kappa shape index (κ2) is 3.69. The third-order valence-electron chi connectivity index (χ3n) is 5.46. The van der Waals surface area contributed by atoms with Crippen LogP contribution in [-0.2, 0) is 5.41 Å². The summed E-state index contributed by atoms with van der Waals surface area (Å²) >= 11 is 0. The van der Waals surface area contributed by atoms with E-state index in [0.29, 0.717) is 0 Å². The average Bonchev–Trinajstić information content (AvgIpc) is 2.37. The van der Waals surface area contributed by atoms with Crippen molar-refractivity contribution in [1.29, 1.82) is 5.26 Å². The molecule has 4 bridgehead atoms. The van der Waals surface area contributed by atoms with Gasteiger partial charge in [-0.05, 0) is 56.3 Å². The first-order valence-electron chi connectivity index (χ1n) is 7.18. The van der Waals surface area contributed by atoms with Crippen molar-refractivity contribution in [2.45, 2.75) is 43.9 Å². The van der Waals surface area contributed by atoms with E-state index >= 15 is 0 Å². The Morgan fingerprint density at radius 2 is 1.79 bits per heavy atom. The van der Waals surface area contributed by atoms with Gasteiger partial charge in [0.1, 0.15) is 17.5 Å². The quantitative estimate of drug-likeness (QED) is 0.835. The highest BCUT2D eigenvalue weighted by Crippen LogP contribution is 2.59. The van der Waals surface area contributed by atoms with E-state index in [4.69, 9.17) is 5.26 Å². The highest BCUT2D eigenvalue weighted by molar-refractivity contribution is 5.25. The molecule has 0 aromatic carbocycles. The van der Waals surface area contributed by atoms with Crippen molar-refractivity contribution < 1.29 is 0 Å². The zero-order valence-corrected chi connectivity index (χ0v) is 10.9. The van der Waals surface area contributed by atoms with Crippen LogP contribution in [0.5, 0.6) is 0 Å². The molecule has 0 amide bonds. The first-order chi connectivity index (χ1) is 9.18. The Labute approximate surface area is 111 Å². The predicted octanol–water partition coefficient (Wildman–Crippen LogP) is 2.11. The summed E-state index contributed by atoms with van der Waals surface area (Å²) < 4.78 is 0. The van der Waals surface area contributed by atoms with Gasteiger partial charge in [0.15, 0.2) is 0 Å². The largest absolute Gasteiger partial charge is 0.309 e. The predicted molar refractivity (Wildman–Crippen MR) is 69.4 cm³/mol. The second-order valence-electron chi connectivity index (χ2n) is 6.78. The molecule has 1 aromatic heterocycles. The second-order valence-corrected chi connectivity index (χ2v) is 6.78. The zero-order valence-electron chi connectivity index (χ0n) is 10.9. The fourth-order valence-corrected chi connectivity index (χ4v) is 5.14. The third-order valence-corrected chi connectivity index (χ3v) is 5.46. The van der Waals surface area contributed by atoms with Gasteiger partial charge in [-0.15, -0.1) is 0 Å². The van der Waals surface area contributed by atoms with Gasteiger partial charge in [-0.3, -0.25) is 4.79 Å². The van der Waals surface area contributed by atoms with E-state index in [9.17, 15) is 4.79 Å². The van der Waals surface area contributed by atoms with Crippen molar-refractivity contribution in [3.63, 3.8) is 0 Å². The van der Waals surface area contributed by atoms with E-state index in [2.05, 4.69) is 9.97 Å². The van der Waals surface area contributed by atoms with Crippen LogP contribution in [0.25, 0.3) is 0 Å². The van der Waals surface area contributed by atoms with Crippen LogP contribution in [0.4, 0.5) is 0 Å². The van der Waals surface area contributed by atoms with E-state index < -0.39 is 0 Å². The molecule has 0 aliphatic heterocycles. The van der Waals surface area contributed by atoms with E-state index in [0.717, 1.165) is 23.6 Å². The molecule has 1 heterocycles. The molecule has 19 heavy (non-hydrogen) atoms. The zero-order chi connectivity index (χ0) is 13.0. The summed E-state index contributed by atoms with van der Waals surface area (Å²) in [5, 5.41) is 8.83. The smallest absolute Gasteiger partial charge is 0.268 e. The van der Waals surface area contributed by atoms with Gasteiger partial charge in [0.05, 0.1) is 6.20 Å². The standard InChI is InChI=1S/C15H17N3O/c16-7-12-8-17-14(18-13(12)19)15-4-9-1-10(5-15)3-11(2-9)6-15/h8-11H,1-6H2,(H,17,18,19). The Morgan fingerprint density at radius 3 is 2.26 bits per heavy atom. The van der Waals surface area contributed by atoms with Crippen LogP contribution < -0.4 is 5.56 Å². The minimum absolute atomic E-state index is 0.0991. The number of aromatic amines is 1. The lowest BCUT2D eigenvalue weighted by Crippen LogP contribution is -2.49. The molecular weight excluding hydrogens is 238 g/mol. The maximum absolute atomic E-state index is 11.8. The summed E-state index contributed by atoms with van der Waals surface area (Å²) in [7, 11) is 0. The van der Waals surface area contributed by atoms with E-state index in [1.807, 2.05) is 6.07 Å². The number of nitrogens with one attached hydrogen (secondary N) is 1. The Hall–Kier alpha value is -1.63. The molecule has 5 rings (SSSR count). The van der Waals surface area contributed by atoms with Crippen LogP contribution >= 0.6 is 0 Å². The van der Waals surface area contributed by atoms with Crippen molar-refractivity contribution >= 4 is 0 Å². The number of hydrogen-bond acceptors (Lipinski definition) is 3. The van der Waals surface area contributed by atoms with Crippen LogP contribution in [-0.4, -0.2) is 9.97 Å². The minimum atomic E-state index is -0.275. The summed E-state index contributed by atoms with van der Waals surface area (Å²) in [6, 6.07) is 1.89. The van der Waals surface area contributed by atoms with Gasteiger partial charge in [-0.1, -0.05) is 0 Å². The van der Waals surface area contributed by atoms with E-state index in [1.54, 1.807) is 0 Å². The van der Waals surface area contributed by atoms with Gasteiger partial charge < -0.3 is 4.98 Å². The van der Waals surface area contributed by atoms with E-state index in [-0.39, 0.29) is 16.5 Å². The Morgan fingerprint density at radius 1 is 1.21 bits per heavy atom.